The zero-order valence-electron chi connectivity index (χ0n) is 10.8. The molecule has 1 aromatic carbocycles. The van der Waals surface area contributed by atoms with E-state index in [-0.39, 0.29) is 21.4 Å². The van der Waals surface area contributed by atoms with Crippen molar-refractivity contribution in [1.82, 2.24) is 4.98 Å². The van der Waals surface area contributed by atoms with E-state index in [0.29, 0.717) is 10.2 Å². The molecule has 1 heterocycles. The molecule has 2 rings (SSSR count). The first-order valence-corrected chi connectivity index (χ1v) is 8.26. The normalized spacial score (nSPS) is 11.2. The molecule has 1 aromatic heterocycles. The van der Waals surface area contributed by atoms with Crippen LogP contribution in [0.5, 0.6) is 5.75 Å². The average molecular weight is 393 g/mol. The number of ether oxygens (including phenoxy) is 1. The lowest BCUT2D eigenvalue weighted by atomic mass is 10.3. The average Bonchev–Trinajstić information content (AvgIpc) is 2.42. The minimum absolute atomic E-state index is 0.0360. The van der Waals surface area contributed by atoms with Crippen LogP contribution in [0.15, 0.2) is 39.8 Å². The second-order valence-corrected chi connectivity index (χ2v) is 6.93. The van der Waals surface area contributed by atoms with Crippen LogP contribution in [0.3, 0.4) is 0 Å². The smallest absolute Gasteiger partial charge is 0.264 e. The number of nitrogens with two attached hydrogens (primary N) is 1. The van der Waals surface area contributed by atoms with Crippen LogP contribution in [0.1, 0.15) is 0 Å². The Bertz CT molecular complexity index is 783. The molecule has 21 heavy (non-hydrogen) atoms. The highest BCUT2D eigenvalue weighted by molar-refractivity contribution is 9.10. The number of methoxy groups -OCH3 is 1. The summed E-state index contributed by atoms with van der Waals surface area (Å²) in [6.45, 7) is 0. The van der Waals surface area contributed by atoms with E-state index in [1.54, 1.807) is 0 Å². The molecule has 0 atom stereocenters. The van der Waals surface area contributed by atoms with Crippen LogP contribution in [0.2, 0.25) is 5.15 Å². The van der Waals surface area contributed by atoms with Gasteiger partial charge in [-0.3, -0.25) is 4.72 Å². The third-order valence-corrected chi connectivity index (χ3v) is 4.73. The van der Waals surface area contributed by atoms with Gasteiger partial charge in [0.2, 0.25) is 0 Å². The van der Waals surface area contributed by atoms with Crippen molar-refractivity contribution in [3.63, 3.8) is 0 Å². The van der Waals surface area contributed by atoms with E-state index < -0.39 is 10.0 Å². The predicted molar refractivity (Wildman–Crippen MR) is 85.2 cm³/mol. The van der Waals surface area contributed by atoms with E-state index >= 15 is 0 Å². The number of nitrogens with one attached hydrogen (secondary N) is 1. The molecule has 0 saturated heterocycles. The van der Waals surface area contributed by atoms with Crippen molar-refractivity contribution in [2.75, 3.05) is 17.6 Å². The number of hydrogen-bond donors (Lipinski definition) is 2. The SMILES string of the molecule is COc1ccc(S(=O)(=O)Nc2cc(Br)cnc2Cl)c(N)c1. The largest absolute Gasteiger partial charge is 0.497 e. The van der Waals surface area contributed by atoms with E-state index in [9.17, 15) is 8.42 Å². The molecule has 0 unspecified atom stereocenters. The number of aromatic nitrogens is 1. The van der Waals surface area contributed by atoms with Crippen LogP contribution in [0.25, 0.3) is 0 Å². The van der Waals surface area contributed by atoms with Gasteiger partial charge in [0.15, 0.2) is 5.15 Å². The standard InChI is InChI=1S/C12H11BrClN3O3S/c1-20-8-2-3-11(9(15)5-8)21(18,19)17-10-4-7(13)6-16-12(10)14/h2-6,17H,15H2,1H3. The first-order chi connectivity index (χ1) is 9.83. The fourth-order valence-electron chi connectivity index (χ4n) is 1.59. The number of nitrogen functional groups attached to an aromatic ring is 1. The highest BCUT2D eigenvalue weighted by Crippen LogP contribution is 2.29. The van der Waals surface area contributed by atoms with Gasteiger partial charge in [0, 0.05) is 16.7 Å². The second-order valence-electron chi connectivity index (χ2n) is 4.00. The van der Waals surface area contributed by atoms with E-state index in [1.807, 2.05) is 0 Å². The van der Waals surface area contributed by atoms with Crippen molar-refractivity contribution >= 4 is 48.9 Å². The van der Waals surface area contributed by atoms with Crippen LogP contribution in [0.4, 0.5) is 11.4 Å². The summed E-state index contributed by atoms with van der Waals surface area (Å²) in [5.41, 5.74) is 5.97. The summed E-state index contributed by atoms with van der Waals surface area (Å²) in [6.07, 6.45) is 1.46. The molecular weight excluding hydrogens is 382 g/mol. The molecule has 0 spiro atoms. The Kier molecular flexibility index (Phi) is 4.60. The van der Waals surface area contributed by atoms with Crippen molar-refractivity contribution in [3.05, 3.63) is 40.1 Å². The van der Waals surface area contributed by atoms with Gasteiger partial charge in [-0.1, -0.05) is 11.6 Å². The highest BCUT2D eigenvalue weighted by atomic mass is 79.9. The number of halogens is 2. The first kappa shape index (κ1) is 15.9. The van der Waals surface area contributed by atoms with Gasteiger partial charge in [-0.05, 0) is 34.1 Å². The maximum Gasteiger partial charge on any atom is 0.264 e. The highest BCUT2D eigenvalue weighted by Gasteiger charge is 2.19. The van der Waals surface area contributed by atoms with Gasteiger partial charge in [0.05, 0.1) is 18.5 Å². The number of sulfonamides is 1. The van der Waals surface area contributed by atoms with E-state index in [2.05, 4.69) is 25.6 Å². The van der Waals surface area contributed by atoms with Crippen LogP contribution < -0.4 is 15.2 Å². The topological polar surface area (TPSA) is 94.3 Å². The van der Waals surface area contributed by atoms with Crippen molar-refractivity contribution in [1.29, 1.82) is 0 Å². The van der Waals surface area contributed by atoms with Gasteiger partial charge in [-0.2, -0.15) is 0 Å². The molecule has 9 heteroatoms. The van der Waals surface area contributed by atoms with E-state index in [0.717, 1.165) is 0 Å². The van der Waals surface area contributed by atoms with E-state index in [1.165, 1.54) is 37.6 Å². The number of anilines is 2. The molecule has 0 saturated carbocycles. The van der Waals surface area contributed by atoms with Crippen LogP contribution >= 0.6 is 27.5 Å². The molecule has 0 fully saturated rings. The van der Waals surface area contributed by atoms with Crippen molar-refractivity contribution in [2.24, 2.45) is 0 Å². The molecule has 2 aromatic rings. The minimum atomic E-state index is -3.88. The van der Waals surface area contributed by atoms with Crippen molar-refractivity contribution in [3.8, 4) is 5.75 Å². The van der Waals surface area contributed by atoms with Crippen molar-refractivity contribution < 1.29 is 13.2 Å². The molecule has 0 radical (unpaired) electrons. The Hall–Kier alpha value is -1.51. The molecule has 0 aliphatic carbocycles. The number of hydrogen-bond acceptors (Lipinski definition) is 5. The second kappa shape index (κ2) is 6.08. The van der Waals surface area contributed by atoms with Gasteiger partial charge in [-0.15, -0.1) is 0 Å². The summed E-state index contributed by atoms with van der Waals surface area (Å²) in [7, 11) is -2.42. The summed E-state index contributed by atoms with van der Waals surface area (Å²) in [5, 5.41) is 0.0360. The van der Waals surface area contributed by atoms with Gasteiger partial charge in [0.1, 0.15) is 10.6 Å². The maximum atomic E-state index is 12.4. The lowest BCUT2D eigenvalue weighted by Gasteiger charge is -2.12. The number of rotatable bonds is 4. The van der Waals surface area contributed by atoms with Gasteiger partial charge in [0.25, 0.3) is 10.0 Å². The zero-order valence-corrected chi connectivity index (χ0v) is 14.0. The molecule has 0 aliphatic heterocycles. The Balaban J connectivity index is 2.41. The minimum Gasteiger partial charge on any atom is -0.497 e. The lowest BCUT2D eigenvalue weighted by molar-refractivity contribution is 0.414. The number of pyridine rings is 1. The Labute approximate surface area is 135 Å². The monoisotopic (exact) mass is 391 g/mol. The molecule has 0 bridgehead atoms. The number of benzene rings is 1. The van der Waals surface area contributed by atoms with Gasteiger partial charge in [-0.25, -0.2) is 13.4 Å². The maximum absolute atomic E-state index is 12.4. The fourth-order valence-corrected chi connectivity index (χ4v) is 3.30. The van der Waals surface area contributed by atoms with E-state index in [4.69, 9.17) is 22.1 Å². The van der Waals surface area contributed by atoms with Crippen molar-refractivity contribution in [2.45, 2.75) is 4.90 Å². The molecule has 0 amide bonds. The fraction of sp³-hybridized carbons (Fsp3) is 0.0833. The lowest BCUT2D eigenvalue weighted by Crippen LogP contribution is -2.15. The first-order valence-electron chi connectivity index (χ1n) is 5.61. The van der Waals surface area contributed by atoms with Crippen LogP contribution in [0, 0.1) is 0 Å². The third kappa shape index (κ3) is 3.58. The van der Waals surface area contributed by atoms with Gasteiger partial charge >= 0.3 is 0 Å². The summed E-state index contributed by atoms with van der Waals surface area (Å²) in [6, 6.07) is 5.80. The summed E-state index contributed by atoms with van der Waals surface area (Å²) in [4.78, 5) is 3.78. The Morgan fingerprint density at radius 1 is 1.38 bits per heavy atom. The predicted octanol–water partition coefficient (Wildman–Crippen LogP) is 2.89. The molecule has 6 nitrogen and oxygen atoms in total. The quantitative estimate of drug-likeness (QED) is 0.616. The van der Waals surface area contributed by atoms with Gasteiger partial charge < -0.3 is 10.5 Å². The summed E-state index contributed by atoms with van der Waals surface area (Å²) < 4.78 is 32.6. The molecule has 112 valence electrons. The zero-order chi connectivity index (χ0) is 15.6. The Morgan fingerprint density at radius 3 is 2.71 bits per heavy atom. The number of nitrogens with zero attached hydrogens (tertiary/aromatic N) is 1. The summed E-state index contributed by atoms with van der Waals surface area (Å²) >= 11 is 9.06. The third-order valence-electron chi connectivity index (χ3n) is 2.56. The molecule has 3 N–H and O–H groups in total. The molecule has 0 aliphatic rings. The van der Waals surface area contributed by atoms with Crippen LogP contribution in [-0.4, -0.2) is 20.5 Å². The van der Waals surface area contributed by atoms with Crippen LogP contribution in [-0.2, 0) is 10.0 Å². The molecular formula is C12H11BrClN3O3S. The Morgan fingerprint density at radius 2 is 2.10 bits per heavy atom. The summed E-state index contributed by atoms with van der Waals surface area (Å²) in [5.74, 6) is 0.466.